The Morgan fingerprint density at radius 2 is 2.11 bits per heavy atom. The van der Waals surface area contributed by atoms with Crippen LogP contribution in [-0.4, -0.2) is 39.9 Å². The van der Waals surface area contributed by atoms with E-state index in [1.165, 1.54) is 6.92 Å². The van der Waals surface area contributed by atoms with Crippen molar-refractivity contribution >= 4 is 0 Å². The Labute approximate surface area is 52.7 Å². The maximum absolute atomic E-state index is 9.00. The fraction of sp³-hybridized carbons (Fsp3) is 1.00. The van der Waals surface area contributed by atoms with Gasteiger partial charge in [-0.05, 0) is 6.92 Å². The molecule has 0 aliphatic carbocycles. The topological polar surface area (TPSA) is 69.9 Å². The number of aliphatic hydroxyl groups is 3. The Kier molecular flexibility index (Phi) is 1.48. The zero-order chi connectivity index (χ0) is 7.07. The van der Waals surface area contributed by atoms with Gasteiger partial charge in [0, 0.05) is 0 Å². The molecule has 1 saturated heterocycles. The molecule has 0 spiro atoms. The molecular weight excluding hydrogens is 124 g/mol. The number of hydrogen-bond acceptors (Lipinski definition) is 4. The van der Waals surface area contributed by atoms with Gasteiger partial charge in [-0.25, -0.2) is 0 Å². The van der Waals surface area contributed by atoms with Crippen molar-refractivity contribution in [2.45, 2.75) is 24.9 Å². The second-order valence-electron chi connectivity index (χ2n) is 2.38. The highest BCUT2D eigenvalue weighted by atomic mass is 16.7. The van der Waals surface area contributed by atoms with Gasteiger partial charge in [0.2, 0.25) is 0 Å². The third-order valence-corrected chi connectivity index (χ3v) is 1.46. The van der Waals surface area contributed by atoms with Crippen LogP contribution in [0.1, 0.15) is 6.92 Å². The van der Waals surface area contributed by atoms with Crippen molar-refractivity contribution in [1.29, 1.82) is 0 Å². The summed E-state index contributed by atoms with van der Waals surface area (Å²) in [5.41, 5.74) is 0. The van der Waals surface area contributed by atoms with E-state index in [2.05, 4.69) is 4.74 Å². The summed E-state index contributed by atoms with van der Waals surface area (Å²) in [5.74, 6) is -1.57. The molecule has 0 bridgehead atoms. The number of aliphatic hydroxyl groups excluding tert-OH is 2. The SMILES string of the molecule is C[C@]1(O)OC[C@@H](O)[C@H]1O. The minimum Gasteiger partial charge on any atom is -0.388 e. The Morgan fingerprint density at radius 1 is 1.56 bits per heavy atom. The van der Waals surface area contributed by atoms with Crippen molar-refractivity contribution in [3.05, 3.63) is 0 Å². The van der Waals surface area contributed by atoms with Gasteiger partial charge in [0.05, 0.1) is 6.61 Å². The Morgan fingerprint density at radius 3 is 2.22 bits per heavy atom. The molecule has 1 rings (SSSR count). The summed E-state index contributed by atoms with van der Waals surface area (Å²) in [6.45, 7) is 1.31. The highest BCUT2D eigenvalue weighted by Crippen LogP contribution is 2.22. The van der Waals surface area contributed by atoms with E-state index in [0.717, 1.165) is 0 Å². The maximum atomic E-state index is 9.00. The Bertz CT molecular complexity index is 112. The zero-order valence-electron chi connectivity index (χ0n) is 5.11. The van der Waals surface area contributed by atoms with Crippen molar-refractivity contribution in [3.8, 4) is 0 Å². The van der Waals surface area contributed by atoms with Crippen LogP contribution in [0.15, 0.2) is 0 Å². The molecule has 0 amide bonds. The third-order valence-electron chi connectivity index (χ3n) is 1.46. The van der Waals surface area contributed by atoms with Gasteiger partial charge in [0.1, 0.15) is 12.2 Å². The zero-order valence-corrected chi connectivity index (χ0v) is 5.11. The molecule has 3 N–H and O–H groups in total. The lowest BCUT2D eigenvalue weighted by Crippen LogP contribution is -2.39. The van der Waals surface area contributed by atoms with E-state index in [0.29, 0.717) is 0 Å². The summed E-state index contributed by atoms with van der Waals surface area (Å²) in [6, 6.07) is 0. The summed E-state index contributed by atoms with van der Waals surface area (Å²) in [7, 11) is 0. The molecular formula is C5H10O4. The average molecular weight is 134 g/mol. The number of ether oxygens (including phenoxy) is 1. The van der Waals surface area contributed by atoms with Crippen LogP contribution in [0.2, 0.25) is 0 Å². The molecule has 4 nitrogen and oxygen atoms in total. The van der Waals surface area contributed by atoms with Crippen LogP contribution < -0.4 is 0 Å². The second-order valence-corrected chi connectivity index (χ2v) is 2.38. The lowest BCUT2D eigenvalue weighted by atomic mass is 10.1. The first-order valence-corrected chi connectivity index (χ1v) is 2.76. The van der Waals surface area contributed by atoms with E-state index < -0.39 is 18.0 Å². The predicted octanol–water partition coefficient (Wildman–Crippen LogP) is -1.55. The van der Waals surface area contributed by atoms with Gasteiger partial charge in [0.25, 0.3) is 0 Å². The molecule has 1 fully saturated rings. The van der Waals surface area contributed by atoms with Crippen LogP contribution >= 0.6 is 0 Å². The van der Waals surface area contributed by atoms with Crippen LogP contribution in [0.25, 0.3) is 0 Å². The third kappa shape index (κ3) is 1.07. The summed E-state index contributed by atoms with van der Waals surface area (Å²) >= 11 is 0. The average Bonchev–Trinajstić information content (AvgIpc) is 1.97. The van der Waals surface area contributed by atoms with Gasteiger partial charge >= 0.3 is 0 Å². The number of hydrogen-bond donors (Lipinski definition) is 3. The molecule has 0 aromatic rings. The van der Waals surface area contributed by atoms with Crippen molar-refractivity contribution in [2.75, 3.05) is 6.61 Å². The van der Waals surface area contributed by atoms with Crippen LogP contribution in [-0.2, 0) is 4.74 Å². The molecule has 0 saturated carbocycles. The van der Waals surface area contributed by atoms with Gasteiger partial charge in [-0.1, -0.05) is 0 Å². The number of rotatable bonds is 0. The van der Waals surface area contributed by atoms with Gasteiger partial charge in [-0.3, -0.25) is 0 Å². The second kappa shape index (κ2) is 1.91. The minimum absolute atomic E-state index is 0.00579. The Hall–Kier alpha value is -0.160. The molecule has 0 aromatic carbocycles. The van der Waals surface area contributed by atoms with E-state index in [1.54, 1.807) is 0 Å². The molecule has 54 valence electrons. The fourth-order valence-electron chi connectivity index (χ4n) is 0.788. The van der Waals surface area contributed by atoms with Crippen molar-refractivity contribution in [2.24, 2.45) is 0 Å². The molecule has 0 unspecified atom stereocenters. The largest absolute Gasteiger partial charge is 0.388 e. The fourth-order valence-corrected chi connectivity index (χ4v) is 0.788. The van der Waals surface area contributed by atoms with E-state index in [9.17, 15) is 0 Å². The normalized spacial score (nSPS) is 52.0. The van der Waals surface area contributed by atoms with Crippen LogP contribution in [0.3, 0.4) is 0 Å². The van der Waals surface area contributed by atoms with E-state index in [4.69, 9.17) is 15.3 Å². The summed E-state index contributed by atoms with van der Waals surface area (Å²) in [4.78, 5) is 0. The molecule has 3 atom stereocenters. The first-order chi connectivity index (χ1) is 4.04. The van der Waals surface area contributed by atoms with Crippen molar-refractivity contribution < 1.29 is 20.1 Å². The van der Waals surface area contributed by atoms with Crippen LogP contribution in [0, 0.1) is 0 Å². The summed E-state index contributed by atoms with van der Waals surface area (Å²) in [6.07, 6.45) is -2.14. The lowest BCUT2D eigenvalue weighted by molar-refractivity contribution is -0.201. The smallest absolute Gasteiger partial charge is 0.191 e. The van der Waals surface area contributed by atoms with Crippen molar-refractivity contribution in [3.63, 3.8) is 0 Å². The predicted molar refractivity (Wildman–Crippen MR) is 28.6 cm³/mol. The first kappa shape index (κ1) is 6.95. The maximum Gasteiger partial charge on any atom is 0.191 e. The van der Waals surface area contributed by atoms with Crippen molar-refractivity contribution in [1.82, 2.24) is 0 Å². The molecule has 9 heavy (non-hydrogen) atoms. The Balaban J connectivity index is 2.62. The quantitative estimate of drug-likeness (QED) is 0.375. The standard InChI is InChI=1S/C5H10O4/c1-5(8)4(7)3(6)2-9-5/h3-4,6-8H,2H2,1H3/t3-,4-,5+/m1/s1. The van der Waals surface area contributed by atoms with Gasteiger partial charge < -0.3 is 20.1 Å². The van der Waals surface area contributed by atoms with Crippen LogP contribution in [0.5, 0.6) is 0 Å². The van der Waals surface area contributed by atoms with Crippen LogP contribution in [0.4, 0.5) is 0 Å². The van der Waals surface area contributed by atoms with E-state index in [1.807, 2.05) is 0 Å². The van der Waals surface area contributed by atoms with E-state index in [-0.39, 0.29) is 6.61 Å². The summed E-state index contributed by atoms with van der Waals surface area (Å²) < 4.78 is 4.62. The molecule has 0 aromatic heterocycles. The monoisotopic (exact) mass is 134 g/mol. The molecule has 1 aliphatic rings. The van der Waals surface area contributed by atoms with Gasteiger partial charge in [-0.2, -0.15) is 0 Å². The molecule has 1 aliphatic heterocycles. The van der Waals surface area contributed by atoms with Gasteiger partial charge in [-0.15, -0.1) is 0 Å². The highest BCUT2D eigenvalue weighted by Gasteiger charge is 2.43. The van der Waals surface area contributed by atoms with E-state index >= 15 is 0 Å². The van der Waals surface area contributed by atoms with Gasteiger partial charge in [0.15, 0.2) is 5.79 Å². The molecule has 0 radical (unpaired) electrons. The summed E-state index contributed by atoms with van der Waals surface area (Å²) in [5, 5.41) is 26.7. The molecule has 1 heterocycles. The first-order valence-electron chi connectivity index (χ1n) is 2.76. The molecule has 4 heteroatoms. The minimum atomic E-state index is -1.57. The highest BCUT2D eigenvalue weighted by molar-refractivity contribution is 4.85. The lowest BCUT2D eigenvalue weighted by Gasteiger charge is -2.19.